The molecule has 126 valence electrons. The predicted molar refractivity (Wildman–Crippen MR) is 102 cm³/mol. The zero-order valence-electron chi connectivity index (χ0n) is 14.7. The molecular weight excluding hydrogens is 292 g/mol. The van der Waals surface area contributed by atoms with Crippen LogP contribution in [0.1, 0.15) is 37.3 Å². The fraction of sp³-hybridized carbons (Fsp3) is 0.455. The van der Waals surface area contributed by atoms with Crippen LogP contribution in [-0.4, -0.2) is 24.5 Å². The van der Waals surface area contributed by atoms with Crippen molar-refractivity contribution in [1.82, 2.24) is 4.90 Å². The van der Waals surface area contributed by atoms with Gasteiger partial charge in [0.05, 0.1) is 0 Å². The molecule has 1 saturated carbocycles. The summed E-state index contributed by atoms with van der Waals surface area (Å²) in [4.78, 5) is 5.12. The second kappa shape index (κ2) is 6.98. The largest absolute Gasteiger partial charge is 0.341 e. The average molecular weight is 320 g/mol. The first-order valence-electron chi connectivity index (χ1n) is 9.50. The Hall–Kier alpha value is -1.80. The summed E-state index contributed by atoms with van der Waals surface area (Å²) in [6, 6.07) is 17.9. The zero-order valence-corrected chi connectivity index (χ0v) is 14.7. The van der Waals surface area contributed by atoms with E-state index in [9.17, 15) is 0 Å². The molecule has 0 N–H and O–H groups in total. The molecule has 1 fully saturated rings. The van der Waals surface area contributed by atoms with Crippen molar-refractivity contribution in [3.63, 3.8) is 0 Å². The zero-order chi connectivity index (χ0) is 16.4. The molecule has 1 heterocycles. The van der Waals surface area contributed by atoms with Crippen molar-refractivity contribution in [3.05, 3.63) is 59.7 Å². The van der Waals surface area contributed by atoms with Crippen molar-refractivity contribution in [2.24, 2.45) is 5.92 Å². The third-order valence-corrected chi connectivity index (χ3v) is 5.32. The highest BCUT2D eigenvalue weighted by Gasteiger charge is 2.26. The van der Waals surface area contributed by atoms with E-state index >= 15 is 0 Å². The molecule has 0 saturated heterocycles. The Kier molecular flexibility index (Phi) is 4.57. The number of para-hydroxylation sites is 1. The summed E-state index contributed by atoms with van der Waals surface area (Å²) in [6.45, 7) is 7.00. The molecule has 0 bridgehead atoms. The Balaban J connectivity index is 1.58. The molecule has 0 amide bonds. The summed E-state index contributed by atoms with van der Waals surface area (Å²) >= 11 is 0. The molecule has 2 aromatic carbocycles. The standard InChI is InChI=1S/C22H28N2/c1-2-13-24(21-6-4-3-5-7-21)22-11-10-19-12-14-23(16-18-8-9-18)17-20(19)15-22/h3-7,10-11,15,18H,2,8-9,12-14,16-17H2,1H3. The van der Waals surface area contributed by atoms with Crippen LogP contribution in [0.15, 0.2) is 48.5 Å². The molecule has 0 atom stereocenters. The fourth-order valence-electron chi connectivity index (χ4n) is 3.83. The van der Waals surface area contributed by atoms with Gasteiger partial charge >= 0.3 is 0 Å². The van der Waals surface area contributed by atoms with Crippen molar-refractivity contribution in [1.29, 1.82) is 0 Å². The van der Waals surface area contributed by atoms with Gasteiger partial charge in [0.25, 0.3) is 0 Å². The third-order valence-electron chi connectivity index (χ3n) is 5.32. The number of benzene rings is 2. The molecule has 0 spiro atoms. The van der Waals surface area contributed by atoms with Gasteiger partial charge in [-0.1, -0.05) is 31.2 Å². The van der Waals surface area contributed by atoms with E-state index in [4.69, 9.17) is 0 Å². The van der Waals surface area contributed by atoms with Crippen LogP contribution in [0.25, 0.3) is 0 Å². The molecular formula is C22H28N2. The van der Waals surface area contributed by atoms with Crippen LogP contribution in [0.3, 0.4) is 0 Å². The quantitative estimate of drug-likeness (QED) is 0.739. The van der Waals surface area contributed by atoms with Crippen LogP contribution in [0.5, 0.6) is 0 Å². The smallest absolute Gasteiger partial charge is 0.0414 e. The molecule has 1 aliphatic carbocycles. The molecule has 2 aliphatic rings. The van der Waals surface area contributed by atoms with Gasteiger partial charge in [0.2, 0.25) is 0 Å². The van der Waals surface area contributed by atoms with Crippen molar-refractivity contribution in [2.45, 2.75) is 39.2 Å². The Bertz CT molecular complexity index is 676. The lowest BCUT2D eigenvalue weighted by atomic mass is 9.98. The van der Waals surface area contributed by atoms with Gasteiger partial charge in [-0.05, 0) is 67.0 Å². The average Bonchev–Trinajstić information content (AvgIpc) is 3.44. The maximum atomic E-state index is 2.66. The van der Waals surface area contributed by atoms with Crippen molar-refractivity contribution in [2.75, 3.05) is 24.5 Å². The minimum Gasteiger partial charge on any atom is -0.341 e. The minimum absolute atomic E-state index is 0.982. The number of rotatable bonds is 6. The van der Waals surface area contributed by atoms with Gasteiger partial charge in [-0.15, -0.1) is 0 Å². The first-order valence-corrected chi connectivity index (χ1v) is 9.50. The molecule has 1 aliphatic heterocycles. The van der Waals surface area contributed by atoms with Gasteiger partial charge in [-0.25, -0.2) is 0 Å². The Morgan fingerprint density at radius 1 is 1.00 bits per heavy atom. The molecule has 2 nitrogen and oxygen atoms in total. The van der Waals surface area contributed by atoms with E-state index in [2.05, 4.69) is 65.3 Å². The number of hydrogen-bond donors (Lipinski definition) is 0. The molecule has 0 aromatic heterocycles. The summed E-state index contributed by atoms with van der Waals surface area (Å²) in [5.74, 6) is 0.982. The summed E-state index contributed by atoms with van der Waals surface area (Å²) in [5.41, 5.74) is 5.73. The van der Waals surface area contributed by atoms with E-state index in [1.807, 2.05) is 0 Å². The third kappa shape index (κ3) is 3.49. The lowest BCUT2D eigenvalue weighted by molar-refractivity contribution is 0.244. The highest BCUT2D eigenvalue weighted by atomic mass is 15.1. The highest BCUT2D eigenvalue weighted by molar-refractivity contribution is 5.64. The number of fused-ring (bicyclic) bond motifs is 1. The Labute approximate surface area is 146 Å². The SMILES string of the molecule is CCCN(c1ccccc1)c1ccc2c(c1)CN(CC1CC1)CC2. The fourth-order valence-corrected chi connectivity index (χ4v) is 3.83. The van der Waals surface area contributed by atoms with Crippen LogP contribution in [0.4, 0.5) is 11.4 Å². The molecule has 0 unspecified atom stereocenters. The number of anilines is 2. The van der Waals surface area contributed by atoms with E-state index < -0.39 is 0 Å². The van der Waals surface area contributed by atoms with E-state index in [1.54, 1.807) is 5.56 Å². The molecule has 0 radical (unpaired) electrons. The van der Waals surface area contributed by atoms with Gasteiger partial charge in [0.1, 0.15) is 0 Å². The van der Waals surface area contributed by atoms with Crippen LogP contribution in [0, 0.1) is 5.92 Å². The van der Waals surface area contributed by atoms with Crippen LogP contribution < -0.4 is 4.90 Å². The van der Waals surface area contributed by atoms with E-state index in [0.717, 1.165) is 25.4 Å². The van der Waals surface area contributed by atoms with Gasteiger partial charge in [-0.3, -0.25) is 4.90 Å². The van der Waals surface area contributed by atoms with Crippen molar-refractivity contribution >= 4 is 11.4 Å². The molecule has 4 rings (SSSR count). The number of hydrogen-bond acceptors (Lipinski definition) is 2. The van der Waals surface area contributed by atoms with E-state index in [-0.39, 0.29) is 0 Å². The summed E-state index contributed by atoms with van der Waals surface area (Å²) in [7, 11) is 0. The normalized spacial score (nSPS) is 17.5. The van der Waals surface area contributed by atoms with Gasteiger partial charge in [0, 0.05) is 37.6 Å². The molecule has 2 heteroatoms. The first-order chi connectivity index (χ1) is 11.8. The van der Waals surface area contributed by atoms with Gasteiger partial charge in [0.15, 0.2) is 0 Å². The van der Waals surface area contributed by atoms with Crippen molar-refractivity contribution in [3.8, 4) is 0 Å². The number of nitrogens with zero attached hydrogens (tertiary/aromatic N) is 2. The Morgan fingerprint density at radius 3 is 2.58 bits per heavy atom. The molecule has 2 aromatic rings. The minimum atomic E-state index is 0.982. The Morgan fingerprint density at radius 2 is 1.83 bits per heavy atom. The van der Waals surface area contributed by atoms with E-state index in [1.165, 1.54) is 49.3 Å². The lowest BCUT2D eigenvalue weighted by Gasteiger charge is -2.31. The topological polar surface area (TPSA) is 6.48 Å². The van der Waals surface area contributed by atoms with Crippen molar-refractivity contribution < 1.29 is 0 Å². The monoisotopic (exact) mass is 320 g/mol. The van der Waals surface area contributed by atoms with Gasteiger partial charge in [-0.2, -0.15) is 0 Å². The predicted octanol–water partition coefficient (Wildman–Crippen LogP) is 5.00. The van der Waals surface area contributed by atoms with Crippen LogP contribution >= 0.6 is 0 Å². The summed E-state index contributed by atoms with van der Waals surface area (Å²) in [5, 5.41) is 0. The maximum absolute atomic E-state index is 2.66. The second-order valence-electron chi connectivity index (χ2n) is 7.37. The second-order valence-corrected chi connectivity index (χ2v) is 7.37. The summed E-state index contributed by atoms with van der Waals surface area (Å²) in [6.07, 6.45) is 5.25. The maximum Gasteiger partial charge on any atom is 0.0414 e. The first kappa shape index (κ1) is 15.7. The highest BCUT2D eigenvalue weighted by Crippen LogP contribution is 2.33. The van der Waals surface area contributed by atoms with Crippen LogP contribution in [0.2, 0.25) is 0 Å². The van der Waals surface area contributed by atoms with E-state index in [0.29, 0.717) is 0 Å². The van der Waals surface area contributed by atoms with Crippen LogP contribution in [-0.2, 0) is 13.0 Å². The lowest BCUT2D eigenvalue weighted by Crippen LogP contribution is -2.32. The molecule has 24 heavy (non-hydrogen) atoms. The summed E-state index contributed by atoms with van der Waals surface area (Å²) < 4.78 is 0. The van der Waals surface area contributed by atoms with Gasteiger partial charge < -0.3 is 4.90 Å².